The summed E-state index contributed by atoms with van der Waals surface area (Å²) in [6, 6.07) is 8.25. The predicted octanol–water partition coefficient (Wildman–Crippen LogP) is 3.89. The van der Waals surface area contributed by atoms with E-state index in [1.54, 1.807) is 12.3 Å². The molecule has 2 nitrogen and oxygen atoms in total. The van der Waals surface area contributed by atoms with Crippen LogP contribution in [0.15, 0.2) is 39.8 Å². The van der Waals surface area contributed by atoms with Gasteiger partial charge in [-0.3, -0.25) is 0 Å². The van der Waals surface area contributed by atoms with Gasteiger partial charge < -0.3 is 4.42 Å². The Balaban J connectivity index is 2.14. The molecule has 86 valence electrons. The van der Waals surface area contributed by atoms with Gasteiger partial charge in [0.15, 0.2) is 0 Å². The van der Waals surface area contributed by atoms with Gasteiger partial charge in [0.05, 0.1) is 17.9 Å². The topological polar surface area (TPSA) is 36.9 Å². The first-order valence-electron chi connectivity index (χ1n) is 5.06. The Morgan fingerprint density at radius 2 is 2.24 bits per heavy atom. The summed E-state index contributed by atoms with van der Waals surface area (Å²) in [6.45, 7) is 1.87. The highest BCUT2D eigenvalue weighted by Crippen LogP contribution is 2.27. The number of halogens is 1. The molecule has 0 aliphatic carbocycles. The van der Waals surface area contributed by atoms with E-state index in [4.69, 9.17) is 9.68 Å². The van der Waals surface area contributed by atoms with Crippen molar-refractivity contribution in [2.24, 2.45) is 0 Å². The second-order valence-electron chi connectivity index (χ2n) is 3.55. The maximum Gasteiger partial charge on any atom is 0.127 e. The second kappa shape index (κ2) is 5.07. The summed E-state index contributed by atoms with van der Waals surface area (Å²) in [4.78, 5) is 0.992. The summed E-state index contributed by atoms with van der Waals surface area (Å²) in [5.41, 5.74) is 1.01. The zero-order chi connectivity index (χ0) is 12.3. The zero-order valence-electron chi connectivity index (χ0n) is 9.24. The Morgan fingerprint density at radius 1 is 1.41 bits per heavy atom. The number of nitrogens with zero attached hydrogens (tertiary/aromatic N) is 1. The lowest BCUT2D eigenvalue weighted by Crippen LogP contribution is -1.89. The Bertz CT molecular complexity index is 571. The van der Waals surface area contributed by atoms with E-state index in [-0.39, 0.29) is 5.82 Å². The van der Waals surface area contributed by atoms with Crippen molar-refractivity contribution in [2.45, 2.75) is 17.6 Å². The largest absolute Gasteiger partial charge is 0.468 e. The van der Waals surface area contributed by atoms with Crippen molar-refractivity contribution in [2.75, 3.05) is 0 Å². The fourth-order valence-electron chi connectivity index (χ4n) is 1.43. The van der Waals surface area contributed by atoms with Crippen LogP contribution in [0.25, 0.3) is 0 Å². The first-order chi connectivity index (χ1) is 8.20. The van der Waals surface area contributed by atoms with Crippen molar-refractivity contribution in [3.63, 3.8) is 0 Å². The van der Waals surface area contributed by atoms with Crippen LogP contribution in [-0.2, 0) is 5.75 Å². The summed E-state index contributed by atoms with van der Waals surface area (Å²) in [6.07, 6.45) is 1.61. The molecule has 2 rings (SSSR count). The van der Waals surface area contributed by atoms with Crippen LogP contribution in [0.4, 0.5) is 4.39 Å². The average Bonchev–Trinajstić information content (AvgIpc) is 2.74. The lowest BCUT2D eigenvalue weighted by atomic mass is 10.1. The molecule has 0 aliphatic rings. The summed E-state index contributed by atoms with van der Waals surface area (Å²) in [5, 5.41) is 8.75. The van der Waals surface area contributed by atoms with Gasteiger partial charge in [0, 0.05) is 10.6 Å². The van der Waals surface area contributed by atoms with Gasteiger partial charge in [0.2, 0.25) is 0 Å². The SMILES string of the molecule is Cc1occc1SCc1cc(C#N)ccc1F. The molecule has 1 aromatic heterocycles. The zero-order valence-corrected chi connectivity index (χ0v) is 10.1. The molecule has 0 saturated heterocycles. The third-order valence-electron chi connectivity index (χ3n) is 2.37. The van der Waals surface area contributed by atoms with Crippen LogP contribution in [0.2, 0.25) is 0 Å². The molecule has 1 heterocycles. The monoisotopic (exact) mass is 247 g/mol. The molecule has 0 atom stereocenters. The summed E-state index contributed by atoms with van der Waals surface area (Å²) in [7, 11) is 0. The molecule has 0 fully saturated rings. The molecule has 0 N–H and O–H groups in total. The Morgan fingerprint density at radius 3 is 2.88 bits per heavy atom. The standard InChI is InChI=1S/C13H10FNOS/c1-9-13(4-5-16-9)17-8-11-6-10(7-15)2-3-12(11)14/h2-6H,8H2,1H3. The van der Waals surface area contributed by atoms with Crippen molar-refractivity contribution in [1.82, 2.24) is 0 Å². The van der Waals surface area contributed by atoms with Crippen LogP contribution in [0.3, 0.4) is 0 Å². The number of furan rings is 1. The summed E-state index contributed by atoms with van der Waals surface area (Å²) >= 11 is 1.50. The highest BCUT2D eigenvalue weighted by Gasteiger charge is 2.07. The van der Waals surface area contributed by atoms with Crippen LogP contribution in [0, 0.1) is 24.1 Å². The first kappa shape index (κ1) is 11.7. The van der Waals surface area contributed by atoms with Gasteiger partial charge in [0.25, 0.3) is 0 Å². The molecule has 0 bridgehead atoms. The molecule has 0 saturated carbocycles. The van der Waals surface area contributed by atoms with Crippen molar-refractivity contribution >= 4 is 11.8 Å². The Hall–Kier alpha value is -1.73. The molecule has 0 amide bonds. The van der Waals surface area contributed by atoms with Crippen molar-refractivity contribution in [1.29, 1.82) is 5.26 Å². The van der Waals surface area contributed by atoms with Crippen LogP contribution >= 0.6 is 11.8 Å². The predicted molar refractivity (Wildman–Crippen MR) is 64.1 cm³/mol. The Kier molecular flexibility index (Phi) is 3.50. The summed E-state index contributed by atoms with van der Waals surface area (Å²) in [5.74, 6) is 1.03. The molecule has 4 heteroatoms. The highest BCUT2D eigenvalue weighted by molar-refractivity contribution is 7.98. The van der Waals surface area contributed by atoms with E-state index in [2.05, 4.69) is 0 Å². The van der Waals surface area contributed by atoms with Crippen molar-refractivity contribution < 1.29 is 8.81 Å². The molecular formula is C13H10FNOS. The fourth-order valence-corrected chi connectivity index (χ4v) is 2.37. The molecule has 0 unspecified atom stereocenters. The Labute approximate surface area is 103 Å². The maximum atomic E-state index is 13.5. The minimum Gasteiger partial charge on any atom is -0.468 e. The first-order valence-corrected chi connectivity index (χ1v) is 6.04. The number of rotatable bonds is 3. The number of thioether (sulfide) groups is 1. The van der Waals surface area contributed by atoms with E-state index >= 15 is 0 Å². The molecule has 0 spiro atoms. The van der Waals surface area contributed by atoms with Gasteiger partial charge in [-0.25, -0.2) is 4.39 Å². The third kappa shape index (κ3) is 2.69. The number of nitriles is 1. The number of benzene rings is 1. The smallest absolute Gasteiger partial charge is 0.127 e. The van der Waals surface area contributed by atoms with Crippen LogP contribution in [0.5, 0.6) is 0 Å². The lowest BCUT2D eigenvalue weighted by Gasteiger charge is -2.03. The fraction of sp³-hybridized carbons (Fsp3) is 0.154. The van der Waals surface area contributed by atoms with Crippen molar-refractivity contribution in [3.05, 3.63) is 53.2 Å². The number of aryl methyl sites for hydroxylation is 1. The van der Waals surface area contributed by atoms with Gasteiger partial charge >= 0.3 is 0 Å². The van der Waals surface area contributed by atoms with E-state index in [9.17, 15) is 4.39 Å². The third-order valence-corrected chi connectivity index (χ3v) is 3.56. The molecule has 1 aromatic carbocycles. The molecule has 17 heavy (non-hydrogen) atoms. The summed E-state index contributed by atoms with van der Waals surface area (Å²) < 4.78 is 18.7. The van der Waals surface area contributed by atoms with Gasteiger partial charge in [-0.15, -0.1) is 11.8 Å². The number of hydrogen-bond donors (Lipinski definition) is 0. The quantitative estimate of drug-likeness (QED) is 0.772. The molecule has 0 aliphatic heterocycles. The number of hydrogen-bond acceptors (Lipinski definition) is 3. The molecular weight excluding hydrogens is 237 g/mol. The average molecular weight is 247 g/mol. The molecule has 0 radical (unpaired) electrons. The van der Waals surface area contributed by atoms with E-state index in [1.165, 1.54) is 23.9 Å². The van der Waals surface area contributed by atoms with Gasteiger partial charge in [-0.1, -0.05) is 0 Å². The van der Waals surface area contributed by atoms with Crippen LogP contribution in [-0.4, -0.2) is 0 Å². The second-order valence-corrected chi connectivity index (χ2v) is 4.56. The van der Waals surface area contributed by atoms with E-state index in [1.807, 2.05) is 19.1 Å². The minimum absolute atomic E-state index is 0.280. The van der Waals surface area contributed by atoms with Gasteiger partial charge in [-0.2, -0.15) is 5.26 Å². The minimum atomic E-state index is -0.280. The molecule has 2 aromatic rings. The van der Waals surface area contributed by atoms with Crippen molar-refractivity contribution in [3.8, 4) is 6.07 Å². The normalized spacial score (nSPS) is 10.2. The maximum absolute atomic E-state index is 13.5. The lowest BCUT2D eigenvalue weighted by molar-refractivity contribution is 0.527. The van der Waals surface area contributed by atoms with Gasteiger partial charge in [-0.05, 0) is 36.8 Å². The van der Waals surface area contributed by atoms with Crippen LogP contribution in [0.1, 0.15) is 16.9 Å². The van der Waals surface area contributed by atoms with E-state index in [0.29, 0.717) is 16.9 Å². The van der Waals surface area contributed by atoms with E-state index < -0.39 is 0 Å². The van der Waals surface area contributed by atoms with Gasteiger partial charge in [0.1, 0.15) is 11.6 Å². The highest BCUT2D eigenvalue weighted by atomic mass is 32.2. The van der Waals surface area contributed by atoms with E-state index in [0.717, 1.165) is 10.7 Å². The van der Waals surface area contributed by atoms with Crippen LogP contribution < -0.4 is 0 Å².